The van der Waals surface area contributed by atoms with Crippen molar-refractivity contribution < 1.29 is 14.3 Å². The van der Waals surface area contributed by atoms with Gasteiger partial charge in [-0.15, -0.1) is 11.3 Å². The first-order valence-corrected chi connectivity index (χ1v) is 9.06. The molecular weight excluding hydrogens is 348 g/mol. The van der Waals surface area contributed by atoms with Crippen LogP contribution in [0.1, 0.15) is 11.1 Å². The van der Waals surface area contributed by atoms with E-state index in [0.29, 0.717) is 17.1 Å². The first-order valence-electron chi connectivity index (χ1n) is 8.18. The van der Waals surface area contributed by atoms with Gasteiger partial charge in [-0.1, -0.05) is 29.8 Å². The van der Waals surface area contributed by atoms with Crippen molar-refractivity contribution in [3.8, 4) is 11.5 Å². The second-order valence-corrected chi connectivity index (χ2v) is 6.64. The molecule has 0 N–H and O–H groups in total. The number of hydrogen-bond acceptors (Lipinski definition) is 4. The molecule has 0 atom stereocenters. The lowest BCUT2D eigenvalue weighted by molar-refractivity contribution is -0.120. The summed E-state index contributed by atoms with van der Waals surface area (Å²) < 4.78 is 12.5. The van der Waals surface area contributed by atoms with Crippen LogP contribution in [0.15, 0.2) is 65.1 Å². The Hall–Kier alpha value is -2.86. The number of aromatic nitrogens is 1. The van der Waals surface area contributed by atoms with E-state index < -0.39 is 0 Å². The molecule has 1 amide bonds. The van der Waals surface area contributed by atoms with E-state index in [1.54, 1.807) is 31.4 Å². The minimum atomic E-state index is -0.319. The Morgan fingerprint density at radius 3 is 2.46 bits per heavy atom. The van der Waals surface area contributed by atoms with Crippen LogP contribution < -0.4 is 14.3 Å². The largest absolute Gasteiger partial charge is 0.497 e. The highest BCUT2D eigenvalue weighted by Gasteiger charge is 2.04. The monoisotopic (exact) mass is 368 g/mol. The number of hydrogen-bond donors (Lipinski definition) is 0. The molecule has 0 bridgehead atoms. The Kier molecular flexibility index (Phi) is 5.86. The van der Waals surface area contributed by atoms with E-state index in [-0.39, 0.29) is 12.5 Å². The quantitative estimate of drug-likeness (QED) is 0.670. The fourth-order valence-electron chi connectivity index (χ4n) is 2.35. The SMILES string of the molecule is COc1ccc(OCC(=O)N=c2sccn2Cc2ccc(C)cc2)cc1. The molecule has 134 valence electrons. The lowest BCUT2D eigenvalue weighted by atomic mass is 10.1. The molecule has 0 radical (unpaired) electrons. The summed E-state index contributed by atoms with van der Waals surface area (Å²) >= 11 is 1.43. The van der Waals surface area contributed by atoms with Gasteiger partial charge in [0.25, 0.3) is 5.91 Å². The van der Waals surface area contributed by atoms with Crippen LogP contribution in [0.5, 0.6) is 11.5 Å². The van der Waals surface area contributed by atoms with Crippen LogP contribution in [-0.2, 0) is 11.3 Å². The maximum Gasteiger partial charge on any atom is 0.286 e. The van der Waals surface area contributed by atoms with Crippen LogP contribution in [0.4, 0.5) is 0 Å². The van der Waals surface area contributed by atoms with Gasteiger partial charge in [0, 0.05) is 18.1 Å². The zero-order valence-corrected chi connectivity index (χ0v) is 15.5. The molecule has 0 fully saturated rings. The Balaban J connectivity index is 1.64. The van der Waals surface area contributed by atoms with Crippen molar-refractivity contribution in [1.29, 1.82) is 0 Å². The number of methoxy groups -OCH3 is 1. The number of carbonyl (C=O) groups excluding carboxylic acids is 1. The van der Waals surface area contributed by atoms with Crippen LogP contribution in [0.3, 0.4) is 0 Å². The zero-order chi connectivity index (χ0) is 18.4. The third kappa shape index (κ3) is 4.83. The normalized spacial score (nSPS) is 11.4. The standard InChI is InChI=1S/C20H20N2O3S/c1-15-3-5-16(6-4-15)13-22-11-12-26-20(22)21-19(23)14-25-18-9-7-17(24-2)8-10-18/h3-12H,13-14H2,1-2H3. The maximum absolute atomic E-state index is 12.1. The zero-order valence-electron chi connectivity index (χ0n) is 14.7. The van der Waals surface area contributed by atoms with E-state index in [0.717, 1.165) is 11.3 Å². The second-order valence-electron chi connectivity index (χ2n) is 5.77. The molecule has 0 aliphatic heterocycles. The molecule has 1 heterocycles. The van der Waals surface area contributed by atoms with Gasteiger partial charge in [-0.3, -0.25) is 4.79 Å². The molecule has 26 heavy (non-hydrogen) atoms. The number of amides is 1. The van der Waals surface area contributed by atoms with Crippen LogP contribution in [-0.4, -0.2) is 24.2 Å². The Bertz CT molecular complexity index is 925. The molecule has 2 aromatic carbocycles. The highest BCUT2D eigenvalue weighted by Crippen LogP contribution is 2.16. The van der Waals surface area contributed by atoms with Crippen LogP contribution in [0.2, 0.25) is 0 Å². The minimum absolute atomic E-state index is 0.102. The van der Waals surface area contributed by atoms with E-state index in [2.05, 4.69) is 36.2 Å². The lowest BCUT2D eigenvalue weighted by Gasteiger charge is -2.05. The predicted molar refractivity (Wildman–Crippen MR) is 102 cm³/mol. The van der Waals surface area contributed by atoms with Crippen LogP contribution in [0.25, 0.3) is 0 Å². The van der Waals surface area contributed by atoms with Gasteiger partial charge < -0.3 is 14.0 Å². The van der Waals surface area contributed by atoms with E-state index in [4.69, 9.17) is 9.47 Å². The van der Waals surface area contributed by atoms with Gasteiger partial charge in [0.05, 0.1) is 7.11 Å². The van der Waals surface area contributed by atoms with Gasteiger partial charge in [-0.05, 0) is 36.8 Å². The number of ether oxygens (including phenoxy) is 2. The molecule has 0 aliphatic rings. The third-order valence-electron chi connectivity index (χ3n) is 3.78. The van der Waals surface area contributed by atoms with Crippen molar-refractivity contribution >= 4 is 17.2 Å². The minimum Gasteiger partial charge on any atom is -0.497 e. The summed E-state index contributed by atoms with van der Waals surface area (Å²) in [6.45, 7) is 2.63. The molecule has 5 nitrogen and oxygen atoms in total. The fraction of sp³-hybridized carbons (Fsp3) is 0.200. The van der Waals surface area contributed by atoms with Crippen molar-refractivity contribution in [3.63, 3.8) is 0 Å². The average molecular weight is 368 g/mol. The number of aryl methyl sites for hydroxylation is 1. The highest BCUT2D eigenvalue weighted by atomic mass is 32.1. The van der Waals surface area contributed by atoms with Crippen LogP contribution >= 0.6 is 11.3 Å². The number of thiazole rings is 1. The Morgan fingerprint density at radius 2 is 1.77 bits per heavy atom. The van der Waals surface area contributed by atoms with Gasteiger partial charge in [0.1, 0.15) is 11.5 Å². The lowest BCUT2D eigenvalue weighted by Crippen LogP contribution is -2.19. The molecule has 0 saturated carbocycles. The molecule has 0 spiro atoms. The number of nitrogens with zero attached hydrogens (tertiary/aromatic N) is 2. The molecule has 0 unspecified atom stereocenters. The summed E-state index contributed by atoms with van der Waals surface area (Å²) in [6.07, 6.45) is 1.93. The number of carbonyl (C=O) groups is 1. The molecule has 3 rings (SSSR count). The van der Waals surface area contributed by atoms with E-state index >= 15 is 0 Å². The van der Waals surface area contributed by atoms with Gasteiger partial charge in [0.2, 0.25) is 0 Å². The molecule has 0 saturated heterocycles. The molecule has 6 heteroatoms. The second kappa shape index (κ2) is 8.49. The summed E-state index contributed by atoms with van der Waals surface area (Å²) in [6, 6.07) is 15.4. The smallest absolute Gasteiger partial charge is 0.286 e. The summed E-state index contributed by atoms with van der Waals surface area (Å²) in [5.41, 5.74) is 2.39. The van der Waals surface area contributed by atoms with Crippen molar-refractivity contribution in [1.82, 2.24) is 4.57 Å². The average Bonchev–Trinajstić information content (AvgIpc) is 3.09. The van der Waals surface area contributed by atoms with Gasteiger partial charge in [0.15, 0.2) is 11.4 Å². The Morgan fingerprint density at radius 1 is 1.08 bits per heavy atom. The third-order valence-corrected chi connectivity index (χ3v) is 4.57. The van der Waals surface area contributed by atoms with Crippen molar-refractivity contribution in [2.24, 2.45) is 4.99 Å². The maximum atomic E-state index is 12.1. The predicted octanol–water partition coefficient (Wildman–Crippen LogP) is 3.42. The highest BCUT2D eigenvalue weighted by molar-refractivity contribution is 7.07. The molecule has 3 aromatic rings. The van der Waals surface area contributed by atoms with Crippen molar-refractivity contribution in [2.75, 3.05) is 13.7 Å². The summed E-state index contributed by atoms with van der Waals surface area (Å²) in [7, 11) is 1.60. The molecule has 0 aliphatic carbocycles. The van der Waals surface area contributed by atoms with Gasteiger partial charge >= 0.3 is 0 Å². The first kappa shape index (κ1) is 17.9. The van der Waals surface area contributed by atoms with E-state index in [1.165, 1.54) is 16.9 Å². The first-order chi connectivity index (χ1) is 12.6. The number of benzene rings is 2. The van der Waals surface area contributed by atoms with E-state index in [9.17, 15) is 4.79 Å². The summed E-state index contributed by atoms with van der Waals surface area (Å²) in [5.74, 6) is 1.03. The topological polar surface area (TPSA) is 52.8 Å². The number of rotatable bonds is 6. The summed E-state index contributed by atoms with van der Waals surface area (Å²) in [4.78, 5) is 17.0. The molecular formula is C20H20N2O3S. The van der Waals surface area contributed by atoms with E-state index in [1.807, 2.05) is 16.1 Å². The van der Waals surface area contributed by atoms with Crippen LogP contribution in [0, 0.1) is 6.92 Å². The molecule has 1 aromatic heterocycles. The van der Waals surface area contributed by atoms with Crippen molar-refractivity contribution in [2.45, 2.75) is 13.5 Å². The van der Waals surface area contributed by atoms with Gasteiger partial charge in [-0.25, -0.2) is 0 Å². The Labute approximate surface area is 156 Å². The fourth-order valence-corrected chi connectivity index (χ4v) is 3.10. The van der Waals surface area contributed by atoms with Crippen molar-refractivity contribution in [3.05, 3.63) is 76.0 Å². The summed E-state index contributed by atoms with van der Waals surface area (Å²) in [5, 5.41) is 1.92. The van der Waals surface area contributed by atoms with Gasteiger partial charge in [-0.2, -0.15) is 4.99 Å².